The van der Waals surface area contributed by atoms with E-state index in [4.69, 9.17) is 0 Å². The normalized spacial score (nSPS) is 14.9. The number of nitrogens with zero attached hydrogens (tertiary/aromatic N) is 3. The Morgan fingerprint density at radius 3 is 2.37 bits per heavy atom. The number of hydrogen-bond acceptors (Lipinski definition) is 5. The third-order valence-electron chi connectivity index (χ3n) is 4.84. The molecule has 2 aromatic rings. The van der Waals surface area contributed by atoms with Crippen LogP contribution in [0.5, 0.6) is 5.75 Å². The average molecular weight is 548 g/mol. The van der Waals surface area contributed by atoms with E-state index in [1.54, 1.807) is 19.2 Å². The van der Waals surface area contributed by atoms with E-state index >= 15 is 0 Å². The van der Waals surface area contributed by atoms with Gasteiger partial charge in [0, 0.05) is 39.8 Å². The van der Waals surface area contributed by atoms with Crippen molar-refractivity contribution >= 4 is 45.5 Å². The first kappa shape index (κ1) is 24.2. The summed E-state index contributed by atoms with van der Waals surface area (Å²) in [5, 5.41) is 13.1. The van der Waals surface area contributed by atoms with Gasteiger partial charge in [-0.15, -0.1) is 24.0 Å². The minimum atomic E-state index is -3.72. The van der Waals surface area contributed by atoms with Crippen LogP contribution in [0.1, 0.15) is 0 Å². The molecule has 0 aliphatic carbocycles. The van der Waals surface area contributed by atoms with Gasteiger partial charge in [0.25, 0.3) is 0 Å². The summed E-state index contributed by atoms with van der Waals surface area (Å²) in [7, 11) is -2.08. The van der Waals surface area contributed by atoms with Crippen molar-refractivity contribution in [3.05, 3.63) is 54.3 Å². The molecule has 1 aliphatic heterocycles. The second kappa shape index (κ2) is 10.8. The highest BCUT2D eigenvalue weighted by Crippen LogP contribution is 2.27. The van der Waals surface area contributed by atoms with Gasteiger partial charge in [0.2, 0.25) is 0 Å². The summed E-state index contributed by atoms with van der Waals surface area (Å²) in [6.07, 6.45) is 0. The monoisotopic (exact) mass is 548 g/mol. The Bertz CT molecular complexity index is 980. The molecule has 0 saturated carbocycles. The fourth-order valence-electron chi connectivity index (χ4n) is 3.33. The summed E-state index contributed by atoms with van der Waals surface area (Å²) in [4.78, 5) is 8.08. The van der Waals surface area contributed by atoms with Crippen LogP contribution in [-0.2, 0) is 9.84 Å². The minimum absolute atomic E-state index is 0. The van der Waals surface area contributed by atoms with Crippen molar-refractivity contribution in [3.8, 4) is 5.75 Å². The van der Waals surface area contributed by atoms with Crippen LogP contribution < -0.4 is 10.2 Å². The number of piperazine rings is 1. The molecule has 0 atom stereocenters. The van der Waals surface area contributed by atoms with E-state index in [1.807, 2.05) is 17.0 Å². The number of sulfone groups is 1. The summed E-state index contributed by atoms with van der Waals surface area (Å²) < 4.78 is 38.5. The second-order valence-corrected chi connectivity index (χ2v) is 8.76. The van der Waals surface area contributed by atoms with Crippen molar-refractivity contribution in [1.82, 2.24) is 10.2 Å². The number of anilines is 1. The second-order valence-electron chi connectivity index (χ2n) is 6.69. The lowest BCUT2D eigenvalue weighted by molar-refractivity contribution is 0.371. The van der Waals surface area contributed by atoms with Crippen LogP contribution in [0.25, 0.3) is 0 Å². The molecule has 0 bridgehead atoms. The van der Waals surface area contributed by atoms with Gasteiger partial charge in [-0.1, -0.05) is 24.3 Å². The molecule has 1 aliphatic rings. The zero-order valence-corrected chi connectivity index (χ0v) is 19.8. The molecule has 1 heterocycles. The third kappa shape index (κ3) is 5.75. The minimum Gasteiger partial charge on any atom is -0.506 e. The summed E-state index contributed by atoms with van der Waals surface area (Å²) in [5.74, 6) is -0.116. The number of hydrogen-bond donors (Lipinski definition) is 2. The maximum absolute atomic E-state index is 13.8. The van der Waals surface area contributed by atoms with Crippen LogP contribution in [0, 0.1) is 5.82 Å². The molecule has 7 nitrogen and oxygen atoms in total. The van der Waals surface area contributed by atoms with Gasteiger partial charge >= 0.3 is 0 Å². The molecule has 1 saturated heterocycles. The standard InChI is InChI=1S/C20H25FN4O3S.HI/c1-22-20(23-10-15-29(27,28)19-9-5-2-6-16(19)21)25-13-11-24(12-14-25)17-7-3-4-8-18(17)26;/h2-9,26H,10-15H2,1H3,(H,22,23);1H. The van der Waals surface area contributed by atoms with Crippen molar-refractivity contribution in [1.29, 1.82) is 0 Å². The molecule has 2 N–H and O–H groups in total. The van der Waals surface area contributed by atoms with Crippen LogP contribution in [0.3, 0.4) is 0 Å². The number of guanidine groups is 1. The maximum Gasteiger partial charge on any atom is 0.193 e. The lowest BCUT2D eigenvalue weighted by Gasteiger charge is -2.37. The Labute approximate surface area is 193 Å². The first-order valence-corrected chi connectivity index (χ1v) is 11.0. The zero-order chi connectivity index (χ0) is 20.9. The molecular formula is C20H26FIN4O3S. The van der Waals surface area contributed by atoms with E-state index in [0.717, 1.165) is 11.8 Å². The average Bonchev–Trinajstić information content (AvgIpc) is 2.72. The lowest BCUT2D eigenvalue weighted by Crippen LogP contribution is -2.53. The quantitative estimate of drug-likeness (QED) is 0.339. The number of aromatic hydroxyl groups is 1. The smallest absolute Gasteiger partial charge is 0.193 e. The molecule has 10 heteroatoms. The Morgan fingerprint density at radius 2 is 1.73 bits per heavy atom. The molecule has 0 aromatic heterocycles. The molecular weight excluding hydrogens is 522 g/mol. The van der Waals surface area contributed by atoms with Gasteiger partial charge in [-0.25, -0.2) is 12.8 Å². The fourth-order valence-corrected chi connectivity index (χ4v) is 4.57. The molecule has 0 spiro atoms. The van der Waals surface area contributed by atoms with E-state index in [-0.39, 0.29) is 46.9 Å². The van der Waals surface area contributed by atoms with E-state index in [2.05, 4.69) is 15.2 Å². The van der Waals surface area contributed by atoms with Gasteiger partial charge < -0.3 is 20.2 Å². The number of benzene rings is 2. The van der Waals surface area contributed by atoms with Gasteiger partial charge in [-0.2, -0.15) is 0 Å². The third-order valence-corrected chi connectivity index (χ3v) is 6.58. The molecule has 1 fully saturated rings. The van der Waals surface area contributed by atoms with Crippen LogP contribution in [0.4, 0.5) is 10.1 Å². The predicted molar refractivity (Wildman–Crippen MR) is 127 cm³/mol. The van der Waals surface area contributed by atoms with E-state index in [1.165, 1.54) is 18.2 Å². The van der Waals surface area contributed by atoms with Crippen molar-refractivity contribution < 1.29 is 17.9 Å². The van der Waals surface area contributed by atoms with E-state index in [9.17, 15) is 17.9 Å². The number of halogens is 2. The lowest BCUT2D eigenvalue weighted by atomic mass is 10.2. The highest BCUT2D eigenvalue weighted by Gasteiger charge is 2.22. The van der Waals surface area contributed by atoms with Gasteiger partial charge in [0.05, 0.1) is 11.4 Å². The van der Waals surface area contributed by atoms with Crippen molar-refractivity contribution in [2.45, 2.75) is 4.90 Å². The topological polar surface area (TPSA) is 85.2 Å². The summed E-state index contributed by atoms with van der Waals surface area (Å²) in [6, 6.07) is 12.6. The van der Waals surface area contributed by atoms with Crippen molar-refractivity contribution in [3.63, 3.8) is 0 Å². The molecule has 0 amide bonds. The van der Waals surface area contributed by atoms with Crippen LogP contribution >= 0.6 is 24.0 Å². The Balaban J connectivity index is 0.00000320. The maximum atomic E-state index is 13.8. The van der Waals surface area contributed by atoms with Crippen molar-refractivity contribution in [2.75, 3.05) is 50.4 Å². The molecule has 0 radical (unpaired) electrons. The molecule has 2 aromatic carbocycles. The first-order valence-electron chi connectivity index (χ1n) is 9.38. The van der Waals surface area contributed by atoms with Gasteiger partial charge in [-0.05, 0) is 24.3 Å². The van der Waals surface area contributed by atoms with Gasteiger partial charge in [-0.3, -0.25) is 4.99 Å². The van der Waals surface area contributed by atoms with Gasteiger partial charge in [0.1, 0.15) is 16.5 Å². The Hall–Kier alpha value is -2.08. The number of nitrogens with one attached hydrogen (secondary N) is 1. The van der Waals surface area contributed by atoms with Gasteiger partial charge in [0.15, 0.2) is 15.8 Å². The summed E-state index contributed by atoms with van der Waals surface area (Å²) in [5.41, 5.74) is 0.797. The number of para-hydroxylation sites is 2. The van der Waals surface area contributed by atoms with Crippen LogP contribution in [0.15, 0.2) is 58.4 Å². The van der Waals surface area contributed by atoms with E-state index < -0.39 is 15.7 Å². The number of rotatable bonds is 5. The van der Waals surface area contributed by atoms with Crippen LogP contribution in [-0.4, -0.2) is 69.9 Å². The summed E-state index contributed by atoms with van der Waals surface area (Å²) in [6.45, 7) is 2.88. The number of phenolic OH excluding ortho intramolecular Hbond substituents is 1. The highest BCUT2D eigenvalue weighted by atomic mass is 127. The Morgan fingerprint density at radius 1 is 1.10 bits per heavy atom. The van der Waals surface area contributed by atoms with E-state index in [0.29, 0.717) is 32.1 Å². The molecule has 0 unspecified atom stereocenters. The van der Waals surface area contributed by atoms with Crippen LogP contribution in [0.2, 0.25) is 0 Å². The number of aliphatic imine (C=N–C) groups is 1. The van der Waals surface area contributed by atoms with Crippen molar-refractivity contribution in [2.24, 2.45) is 4.99 Å². The largest absolute Gasteiger partial charge is 0.506 e. The molecule has 164 valence electrons. The summed E-state index contributed by atoms with van der Waals surface area (Å²) >= 11 is 0. The Kier molecular flexibility index (Phi) is 8.71. The fraction of sp³-hybridized carbons (Fsp3) is 0.350. The molecule has 30 heavy (non-hydrogen) atoms. The first-order chi connectivity index (χ1) is 13.9. The number of phenols is 1. The zero-order valence-electron chi connectivity index (χ0n) is 16.7. The highest BCUT2D eigenvalue weighted by molar-refractivity contribution is 14.0. The SMILES string of the molecule is CN=C(NCCS(=O)(=O)c1ccccc1F)N1CCN(c2ccccc2O)CC1.I. The molecule has 3 rings (SSSR count). The predicted octanol–water partition coefficient (Wildman–Crippen LogP) is 2.32.